The average Bonchev–Trinajstić information content (AvgIpc) is 2.29. The largest absolute Gasteiger partial charge is 0.352 e. The Balaban J connectivity index is 2.60. The first-order chi connectivity index (χ1) is 8.70. The third kappa shape index (κ3) is 4.90. The van der Waals surface area contributed by atoms with Gasteiger partial charge in [0.15, 0.2) is 17.5 Å². The topological polar surface area (TPSA) is 63.2 Å². The number of hydrogen-bond acceptors (Lipinski definition) is 3. The monoisotopic (exact) mass is 295 g/mol. The number of carbonyl (C=O) groups excluding carboxylic acids is 1. The van der Waals surface area contributed by atoms with Gasteiger partial charge >= 0.3 is 0 Å². The highest BCUT2D eigenvalue weighted by molar-refractivity contribution is 7.90. The van der Waals surface area contributed by atoms with E-state index in [1.807, 2.05) is 0 Å². The van der Waals surface area contributed by atoms with E-state index in [1.54, 1.807) is 0 Å². The molecule has 0 aromatic heterocycles. The van der Waals surface area contributed by atoms with Crippen molar-refractivity contribution in [1.29, 1.82) is 0 Å². The summed E-state index contributed by atoms with van der Waals surface area (Å²) in [7, 11) is -3.13. The Hall–Kier alpha value is -1.57. The summed E-state index contributed by atoms with van der Waals surface area (Å²) >= 11 is 0. The molecular formula is C11H12F3NO3S. The molecule has 1 aromatic carbocycles. The van der Waals surface area contributed by atoms with Crippen molar-refractivity contribution in [3.8, 4) is 0 Å². The molecule has 106 valence electrons. The molecular weight excluding hydrogens is 283 g/mol. The Bertz CT molecular complexity index is 564. The van der Waals surface area contributed by atoms with Crippen LogP contribution in [0.25, 0.3) is 0 Å². The van der Waals surface area contributed by atoms with E-state index in [4.69, 9.17) is 0 Å². The van der Waals surface area contributed by atoms with Gasteiger partial charge in [0.1, 0.15) is 9.84 Å². The predicted molar refractivity (Wildman–Crippen MR) is 63.0 cm³/mol. The summed E-state index contributed by atoms with van der Waals surface area (Å²) < 4.78 is 60.0. The van der Waals surface area contributed by atoms with E-state index in [9.17, 15) is 26.4 Å². The zero-order valence-electron chi connectivity index (χ0n) is 10.0. The molecule has 0 aliphatic heterocycles. The van der Waals surface area contributed by atoms with E-state index >= 15 is 0 Å². The van der Waals surface area contributed by atoms with Crippen LogP contribution < -0.4 is 5.32 Å². The van der Waals surface area contributed by atoms with Gasteiger partial charge in [0.2, 0.25) is 0 Å². The summed E-state index contributed by atoms with van der Waals surface area (Å²) in [5, 5.41) is 2.29. The van der Waals surface area contributed by atoms with E-state index in [-0.39, 0.29) is 24.3 Å². The molecule has 0 heterocycles. The summed E-state index contributed by atoms with van der Waals surface area (Å²) in [5.74, 6) is -5.47. The molecule has 4 nitrogen and oxygen atoms in total. The Kier molecular flexibility index (Phi) is 4.93. The van der Waals surface area contributed by atoms with Gasteiger partial charge in [0.25, 0.3) is 5.91 Å². The normalized spacial score (nSPS) is 11.4. The highest BCUT2D eigenvalue weighted by atomic mass is 32.2. The van der Waals surface area contributed by atoms with Gasteiger partial charge in [0.05, 0.1) is 5.75 Å². The summed E-state index contributed by atoms with van der Waals surface area (Å²) in [4.78, 5) is 11.5. The molecule has 0 fully saturated rings. The number of carbonyl (C=O) groups is 1. The van der Waals surface area contributed by atoms with Crippen LogP contribution in [0.4, 0.5) is 13.2 Å². The van der Waals surface area contributed by atoms with Gasteiger partial charge in [-0.15, -0.1) is 0 Å². The predicted octanol–water partition coefficient (Wildman–Crippen LogP) is 1.27. The van der Waals surface area contributed by atoms with E-state index in [0.29, 0.717) is 12.1 Å². The number of rotatable bonds is 5. The minimum atomic E-state index is -3.13. The first kappa shape index (κ1) is 15.5. The minimum absolute atomic E-state index is 0.0342. The molecule has 0 atom stereocenters. The molecule has 1 amide bonds. The number of nitrogens with one attached hydrogen (secondary N) is 1. The SMILES string of the molecule is CS(=O)(=O)CCCNC(=O)c1cc(F)c(F)c(F)c1. The molecule has 0 bridgehead atoms. The van der Waals surface area contributed by atoms with Gasteiger partial charge in [-0.25, -0.2) is 21.6 Å². The van der Waals surface area contributed by atoms with Gasteiger partial charge in [-0.05, 0) is 18.6 Å². The van der Waals surface area contributed by atoms with Crippen LogP contribution in [0.3, 0.4) is 0 Å². The Morgan fingerprint density at radius 2 is 1.74 bits per heavy atom. The maximum absolute atomic E-state index is 12.9. The van der Waals surface area contributed by atoms with E-state index < -0.39 is 33.2 Å². The molecule has 0 saturated carbocycles. The van der Waals surface area contributed by atoms with Crippen LogP contribution in [0.2, 0.25) is 0 Å². The zero-order chi connectivity index (χ0) is 14.6. The second kappa shape index (κ2) is 6.05. The van der Waals surface area contributed by atoms with Crippen LogP contribution >= 0.6 is 0 Å². The molecule has 0 radical (unpaired) electrons. The van der Waals surface area contributed by atoms with Crippen LogP contribution in [-0.2, 0) is 9.84 Å². The number of benzene rings is 1. The maximum atomic E-state index is 12.9. The fourth-order valence-electron chi connectivity index (χ4n) is 1.32. The molecule has 0 saturated heterocycles. The van der Waals surface area contributed by atoms with Gasteiger partial charge < -0.3 is 5.32 Å². The van der Waals surface area contributed by atoms with Crippen LogP contribution in [0.5, 0.6) is 0 Å². The highest BCUT2D eigenvalue weighted by Crippen LogP contribution is 2.13. The number of amides is 1. The molecule has 19 heavy (non-hydrogen) atoms. The Morgan fingerprint density at radius 1 is 1.21 bits per heavy atom. The van der Waals surface area contributed by atoms with Crippen molar-refractivity contribution in [2.45, 2.75) is 6.42 Å². The number of sulfone groups is 1. The molecule has 1 rings (SSSR count). The minimum Gasteiger partial charge on any atom is -0.352 e. The number of halogens is 3. The van der Waals surface area contributed by atoms with E-state index in [0.717, 1.165) is 6.26 Å². The standard InChI is InChI=1S/C11H12F3NO3S/c1-19(17,18)4-2-3-15-11(16)7-5-8(12)10(14)9(13)6-7/h5-6H,2-4H2,1H3,(H,15,16). The number of hydrogen-bond donors (Lipinski definition) is 1. The third-order valence-electron chi connectivity index (χ3n) is 2.22. The summed E-state index contributed by atoms with van der Waals surface area (Å²) in [5.41, 5.74) is -0.365. The van der Waals surface area contributed by atoms with E-state index in [1.165, 1.54) is 0 Å². The fraction of sp³-hybridized carbons (Fsp3) is 0.364. The molecule has 0 aliphatic carbocycles. The average molecular weight is 295 g/mol. The van der Waals surface area contributed by atoms with Crippen molar-refractivity contribution >= 4 is 15.7 Å². The molecule has 0 aliphatic rings. The van der Waals surface area contributed by atoms with Crippen LogP contribution in [0.1, 0.15) is 16.8 Å². The summed E-state index contributed by atoms with van der Waals surface area (Å²) in [6.07, 6.45) is 1.23. The molecule has 0 spiro atoms. The van der Waals surface area contributed by atoms with Crippen molar-refractivity contribution in [2.75, 3.05) is 18.6 Å². The van der Waals surface area contributed by atoms with Crippen molar-refractivity contribution in [1.82, 2.24) is 5.32 Å². The lowest BCUT2D eigenvalue weighted by Gasteiger charge is -2.05. The molecule has 8 heteroatoms. The van der Waals surface area contributed by atoms with Gasteiger partial charge in [-0.1, -0.05) is 0 Å². The lowest BCUT2D eigenvalue weighted by atomic mass is 10.2. The fourth-order valence-corrected chi connectivity index (χ4v) is 1.99. The maximum Gasteiger partial charge on any atom is 0.251 e. The second-order valence-electron chi connectivity index (χ2n) is 3.99. The lowest BCUT2D eigenvalue weighted by Crippen LogP contribution is -2.26. The van der Waals surface area contributed by atoms with E-state index in [2.05, 4.69) is 5.32 Å². The molecule has 1 aromatic rings. The molecule has 1 N–H and O–H groups in total. The van der Waals surface area contributed by atoms with Crippen LogP contribution in [0.15, 0.2) is 12.1 Å². The quantitative estimate of drug-likeness (QED) is 0.657. The van der Waals surface area contributed by atoms with Crippen LogP contribution in [-0.4, -0.2) is 32.9 Å². The Labute approximate surface area is 108 Å². The first-order valence-corrected chi connectivity index (χ1v) is 7.37. The van der Waals surface area contributed by atoms with Gasteiger partial charge in [-0.2, -0.15) is 0 Å². The smallest absolute Gasteiger partial charge is 0.251 e. The zero-order valence-corrected chi connectivity index (χ0v) is 10.9. The van der Waals surface area contributed by atoms with Gasteiger partial charge in [-0.3, -0.25) is 4.79 Å². The summed E-state index contributed by atoms with van der Waals surface area (Å²) in [6, 6.07) is 1.15. The lowest BCUT2D eigenvalue weighted by molar-refractivity contribution is 0.0952. The summed E-state index contributed by atoms with van der Waals surface area (Å²) in [6.45, 7) is 0.0342. The van der Waals surface area contributed by atoms with Crippen LogP contribution in [0, 0.1) is 17.5 Å². The van der Waals surface area contributed by atoms with Crippen molar-refractivity contribution in [2.24, 2.45) is 0 Å². The third-order valence-corrected chi connectivity index (χ3v) is 3.25. The van der Waals surface area contributed by atoms with Crippen molar-refractivity contribution in [3.05, 3.63) is 35.1 Å². The Morgan fingerprint density at radius 3 is 2.21 bits per heavy atom. The van der Waals surface area contributed by atoms with Gasteiger partial charge in [0, 0.05) is 18.4 Å². The first-order valence-electron chi connectivity index (χ1n) is 5.31. The molecule has 0 unspecified atom stereocenters. The second-order valence-corrected chi connectivity index (χ2v) is 6.25. The highest BCUT2D eigenvalue weighted by Gasteiger charge is 2.14. The van der Waals surface area contributed by atoms with Crippen molar-refractivity contribution < 1.29 is 26.4 Å². The van der Waals surface area contributed by atoms with Crippen molar-refractivity contribution in [3.63, 3.8) is 0 Å².